The van der Waals surface area contributed by atoms with Crippen molar-refractivity contribution in [2.75, 3.05) is 31.6 Å². The summed E-state index contributed by atoms with van der Waals surface area (Å²) in [6.45, 7) is 5.78. The predicted molar refractivity (Wildman–Crippen MR) is 118 cm³/mol. The second-order valence-corrected chi connectivity index (χ2v) is 7.99. The molecule has 0 fully saturated rings. The van der Waals surface area contributed by atoms with Crippen LogP contribution in [0.2, 0.25) is 0 Å². The van der Waals surface area contributed by atoms with Gasteiger partial charge >= 0.3 is 0 Å². The number of amides is 1. The first-order chi connectivity index (χ1) is 15.5. The number of aromatic nitrogens is 4. The van der Waals surface area contributed by atoms with E-state index in [2.05, 4.69) is 27.3 Å². The predicted octanol–water partition coefficient (Wildman–Crippen LogP) is 2.65. The number of hydrogen-bond acceptors (Lipinski definition) is 6. The van der Waals surface area contributed by atoms with E-state index in [1.54, 1.807) is 31.0 Å². The lowest BCUT2D eigenvalue weighted by Crippen LogP contribution is -2.48. The smallest absolute Gasteiger partial charge is 0.247 e. The Kier molecular flexibility index (Phi) is 6.34. The molecule has 0 aliphatic carbocycles. The first-order valence-corrected chi connectivity index (χ1v) is 10.7. The van der Waals surface area contributed by atoms with E-state index in [1.807, 2.05) is 24.3 Å². The topological polar surface area (TPSA) is 76.4 Å². The molecule has 1 aliphatic heterocycles. The lowest BCUT2D eigenvalue weighted by atomic mass is 10.0. The number of hydrogen-bond donors (Lipinski definition) is 0. The number of para-hydroxylation sites is 2. The number of rotatable bonds is 7. The number of tetrazole rings is 1. The number of nitrogens with zero attached hydrogens (tertiary/aromatic N) is 6. The molecule has 0 radical (unpaired) electrons. The summed E-state index contributed by atoms with van der Waals surface area (Å²) in [6, 6.07) is 13.5. The van der Waals surface area contributed by atoms with Gasteiger partial charge in [-0.2, -0.15) is 0 Å². The van der Waals surface area contributed by atoms with Crippen molar-refractivity contribution >= 4 is 11.6 Å². The van der Waals surface area contributed by atoms with Gasteiger partial charge in [-0.3, -0.25) is 4.79 Å². The van der Waals surface area contributed by atoms with Gasteiger partial charge < -0.3 is 14.5 Å². The monoisotopic (exact) mass is 438 g/mol. The zero-order valence-electron chi connectivity index (χ0n) is 18.5. The maximum atomic E-state index is 13.7. The minimum Gasteiger partial charge on any atom is -0.485 e. The van der Waals surface area contributed by atoms with Crippen molar-refractivity contribution in [3.63, 3.8) is 0 Å². The Morgan fingerprint density at radius 3 is 2.81 bits per heavy atom. The number of fused-ring (bicyclic) bond motifs is 1. The molecule has 2 heterocycles. The van der Waals surface area contributed by atoms with Gasteiger partial charge in [0.25, 0.3) is 0 Å². The van der Waals surface area contributed by atoms with Crippen LogP contribution >= 0.6 is 0 Å². The van der Waals surface area contributed by atoms with Gasteiger partial charge in [-0.25, -0.2) is 9.07 Å². The summed E-state index contributed by atoms with van der Waals surface area (Å²) in [5.74, 6) is 0.840. The zero-order chi connectivity index (χ0) is 22.7. The summed E-state index contributed by atoms with van der Waals surface area (Å²) in [7, 11) is 1.75. The fourth-order valence-electron chi connectivity index (χ4n) is 4.12. The Morgan fingerprint density at radius 2 is 2.09 bits per heavy atom. The summed E-state index contributed by atoms with van der Waals surface area (Å²) in [4.78, 5) is 17.4. The normalized spacial score (nSPS) is 16.2. The third kappa shape index (κ3) is 4.56. The Bertz CT molecular complexity index is 1090. The highest BCUT2D eigenvalue weighted by molar-refractivity contribution is 5.80. The lowest BCUT2D eigenvalue weighted by Gasteiger charge is -2.37. The van der Waals surface area contributed by atoms with Crippen molar-refractivity contribution in [1.82, 2.24) is 25.1 Å². The van der Waals surface area contributed by atoms with Crippen molar-refractivity contribution < 1.29 is 13.9 Å². The molecule has 1 aromatic heterocycles. The number of anilines is 1. The van der Waals surface area contributed by atoms with Crippen LogP contribution in [0.1, 0.15) is 24.4 Å². The maximum Gasteiger partial charge on any atom is 0.247 e. The van der Waals surface area contributed by atoms with Crippen molar-refractivity contribution in [1.29, 1.82) is 0 Å². The molecule has 0 N–H and O–H groups in total. The molecule has 0 saturated carbocycles. The van der Waals surface area contributed by atoms with E-state index in [1.165, 1.54) is 16.8 Å². The maximum absolute atomic E-state index is 13.7. The van der Waals surface area contributed by atoms with Crippen molar-refractivity contribution in [2.24, 2.45) is 0 Å². The highest BCUT2D eigenvalue weighted by Gasteiger charge is 2.31. The summed E-state index contributed by atoms with van der Waals surface area (Å²) in [5.41, 5.74) is 1.76. The molecule has 3 aromatic rings. The third-order valence-electron chi connectivity index (χ3n) is 5.71. The minimum atomic E-state index is -0.685. The summed E-state index contributed by atoms with van der Waals surface area (Å²) in [6.07, 6.45) is 0.103. The van der Waals surface area contributed by atoms with Gasteiger partial charge in [0.1, 0.15) is 29.5 Å². The van der Waals surface area contributed by atoms with Gasteiger partial charge in [-0.15, -0.1) is 5.10 Å². The van der Waals surface area contributed by atoms with Crippen LogP contribution in [-0.4, -0.2) is 63.8 Å². The first-order valence-electron chi connectivity index (χ1n) is 10.7. The van der Waals surface area contributed by atoms with Crippen LogP contribution in [0.4, 0.5) is 10.1 Å². The number of aryl methyl sites for hydroxylation is 1. The van der Waals surface area contributed by atoms with E-state index < -0.39 is 6.04 Å². The average Bonchev–Trinajstić information content (AvgIpc) is 3.22. The molecular formula is C23H27FN6O2. The molecular weight excluding hydrogens is 411 g/mol. The fraction of sp³-hybridized carbons (Fsp3) is 0.391. The molecule has 9 heteroatoms. The Morgan fingerprint density at radius 1 is 1.28 bits per heavy atom. The van der Waals surface area contributed by atoms with E-state index in [4.69, 9.17) is 4.74 Å². The molecule has 0 spiro atoms. The van der Waals surface area contributed by atoms with E-state index in [0.717, 1.165) is 18.0 Å². The molecule has 1 aliphatic rings. The number of benzene rings is 2. The van der Waals surface area contributed by atoms with Gasteiger partial charge in [0.05, 0.1) is 18.8 Å². The molecule has 0 saturated heterocycles. The molecule has 0 bridgehead atoms. The van der Waals surface area contributed by atoms with Crippen LogP contribution in [0.5, 0.6) is 5.75 Å². The highest BCUT2D eigenvalue weighted by Crippen LogP contribution is 2.33. The van der Waals surface area contributed by atoms with Crippen LogP contribution in [0.15, 0.2) is 48.5 Å². The number of likely N-dealkylation sites (N-methyl/N-ethyl adjacent to an activating group) is 2. The molecule has 2 aromatic carbocycles. The lowest BCUT2D eigenvalue weighted by molar-refractivity contribution is -0.134. The van der Waals surface area contributed by atoms with Gasteiger partial charge in [-0.05, 0) is 54.1 Å². The average molecular weight is 439 g/mol. The van der Waals surface area contributed by atoms with Gasteiger partial charge in [-0.1, -0.05) is 24.3 Å². The Balaban J connectivity index is 1.53. The number of carbonyl (C=O) groups is 1. The van der Waals surface area contributed by atoms with Crippen LogP contribution in [0.3, 0.4) is 0 Å². The molecule has 4 rings (SSSR count). The Hall–Kier alpha value is -3.49. The molecule has 168 valence electrons. The third-order valence-corrected chi connectivity index (χ3v) is 5.71. The van der Waals surface area contributed by atoms with Crippen LogP contribution in [0, 0.1) is 12.7 Å². The molecule has 0 unspecified atom stereocenters. The summed E-state index contributed by atoms with van der Waals surface area (Å²) < 4.78 is 21.4. The van der Waals surface area contributed by atoms with E-state index in [-0.39, 0.29) is 24.2 Å². The SMILES string of the molecule is CCN1C[C@@H](CN(C)C(=O)[C@H](Cc2cccc(F)c2)n2nnnc2C)Oc2ccccc21. The number of halogens is 1. The van der Waals surface area contributed by atoms with Crippen molar-refractivity contribution in [2.45, 2.75) is 32.4 Å². The van der Waals surface area contributed by atoms with E-state index >= 15 is 0 Å². The highest BCUT2D eigenvalue weighted by atomic mass is 19.1. The molecule has 8 nitrogen and oxygen atoms in total. The molecule has 2 atom stereocenters. The van der Waals surface area contributed by atoms with Crippen LogP contribution in [-0.2, 0) is 11.2 Å². The van der Waals surface area contributed by atoms with Gasteiger partial charge in [0.2, 0.25) is 5.91 Å². The second kappa shape index (κ2) is 9.33. The Labute approximate surface area is 186 Å². The van der Waals surface area contributed by atoms with Gasteiger partial charge in [0.15, 0.2) is 0 Å². The number of ether oxygens (including phenoxy) is 1. The summed E-state index contributed by atoms with van der Waals surface area (Å²) in [5, 5.41) is 11.6. The van der Waals surface area contributed by atoms with Gasteiger partial charge in [0, 0.05) is 20.0 Å². The van der Waals surface area contributed by atoms with Crippen molar-refractivity contribution in [3.8, 4) is 5.75 Å². The quantitative estimate of drug-likeness (QED) is 0.565. The van der Waals surface area contributed by atoms with Crippen molar-refractivity contribution in [3.05, 3.63) is 65.7 Å². The second-order valence-electron chi connectivity index (χ2n) is 7.99. The first kappa shape index (κ1) is 21.7. The number of carbonyl (C=O) groups excluding carboxylic acids is 1. The largest absolute Gasteiger partial charge is 0.485 e. The van der Waals surface area contributed by atoms with Crippen LogP contribution in [0.25, 0.3) is 0 Å². The van der Waals surface area contributed by atoms with E-state index in [0.29, 0.717) is 24.5 Å². The van der Waals surface area contributed by atoms with Crippen LogP contribution < -0.4 is 9.64 Å². The van der Waals surface area contributed by atoms with E-state index in [9.17, 15) is 9.18 Å². The zero-order valence-corrected chi connectivity index (χ0v) is 18.5. The molecule has 1 amide bonds. The minimum absolute atomic E-state index is 0.157. The summed E-state index contributed by atoms with van der Waals surface area (Å²) >= 11 is 0. The molecule has 32 heavy (non-hydrogen) atoms. The standard InChI is InChI=1S/C23H27FN6O2/c1-4-29-15-19(32-22-11-6-5-10-20(22)29)14-28(3)23(31)21(30-16(2)25-26-27-30)13-17-8-7-9-18(24)12-17/h5-12,19,21H,4,13-15H2,1-3H3/t19-,21+/m1/s1. The fourth-order valence-corrected chi connectivity index (χ4v) is 4.12.